The first-order chi connectivity index (χ1) is 8.04. The van der Waals surface area contributed by atoms with Crippen LogP contribution < -0.4 is 0 Å². The normalized spacial score (nSPS) is 26.9. The van der Waals surface area contributed by atoms with Gasteiger partial charge in [-0.3, -0.25) is 4.79 Å². The van der Waals surface area contributed by atoms with Gasteiger partial charge >= 0.3 is 5.97 Å². The fraction of sp³-hybridized carbons (Fsp3) is 0.929. The summed E-state index contributed by atoms with van der Waals surface area (Å²) >= 11 is 0. The van der Waals surface area contributed by atoms with Crippen LogP contribution in [-0.4, -0.2) is 36.6 Å². The van der Waals surface area contributed by atoms with E-state index < -0.39 is 0 Å². The largest absolute Gasteiger partial charge is 0.466 e. The molecular weight excluding hydrogens is 214 g/mol. The van der Waals surface area contributed by atoms with Gasteiger partial charge in [-0.2, -0.15) is 0 Å². The lowest BCUT2D eigenvalue weighted by Gasteiger charge is -2.37. The molecule has 0 aromatic rings. The van der Waals surface area contributed by atoms with Crippen LogP contribution in [0.2, 0.25) is 0 Å². The monoisotopic (exact) mass is 241 g/mol. The molecule has 0 radical (unpaired) electrons. The van der Waals surface area contributed by atoms with Crippen molar-refractivity contribution in [2.24, 2.45) is 5.92 Å². The van der Waals surface area contributed by atoms with Gasteiger partial charge in [0.25, 0.3) is 0 Å². The van der Waals surface area contributed by atoms with Crippen molar-refractivity contribution in [3.8, 4) is 0 Å². The Bertz CT molecular complexity index is 242. The van der Waals surface area contributed by atoms with Gasteiger partial charge in [0, 0.05) is 12.1 Å². The summed E-state index contributed by atoms with van der Waals surface area (Å²) in [5.74, 6) is 0.752. The van der Waals surface area contributed by atoms with E-state index in [-0.39, 0.29) is 12.0 Å². The summed E-state index contributed by atoms with van der Waals surface area (Å²) in [6.07, 6.45) is 5.73. The van der Waals surface area contributed by atoms with Crippen molar-refractivity contribution >= 4 is 5.97 Å². The van der Waals surface area contributed by atoms with Crippen molar-refractivity contribution in [1.82, 2.24) is 4.90 Å². The van der Waals surface area contributed by atoms with E-state index in [9.17, 15) is 4.79 Å². The Morgan fingerprint density at radius 2 is 2.18 bits per heavy atom. The Kier molecular flexibility index (Phi) is 5.96. The molecule has 3 heteroatoms. The molecule has 3 unspecified atom stereocenters. The number of nitrogens with zero attached hydrogens (tertiary/aromatic N) is 1. The number of hydrogen-bond donors (Lipinski definition) is 0. The molecule has 100 valence electrons. The predicted octanol–water partition coefficient (Wildman–Crippen LogP) is 2.84. The second-order valence-electron chi connectivity index (χ2n) is 5.45. The maximum atomic E-state index is 11.5. The highest BCUT2D eigenvalue weighted by Gasteiger charge is 2.26. The van der Waals surface area contributed by atoms with Gasteiger partial charge in [-0.15, -0.1) is 0 Å². The fourth-order valence-electron chi connectivity index (χ4n) is 2.74. The van der Waals surface area contributed by atoms with Gasteiger partial charge in [0.15, 0.2) is 0 Å². The summed E-state index contributed by atoms with van der Waals surface area (Å²) in [6.45, 7) is 6.79. The van der Waals surface area contributed by atoms with Crippen LogP contribution >= 0.6 is 0 Å². The van der Waals surface area contributed by atoms with Crippen LogP contribution in [0.3, 0.4) is 0 Å². The van der Waals surface area contributed by atoms with E-state index in [1.165, 1.54) is 25.7 Å². The summed E-state index contributed by atoms with van der Waals surface area (Å²) < 4.78 is 5.01. The third-order valence-electron chi connectivity index (χ3n) is 3.95. The highest BCUT2D eigenvalue weighted by atomic mass is 16.5. The summed E-state index contributed by atoms with van der Waals surface area (Å²) in [7, 11) is 2.15. The SMILES string of the molecule is CCOC(=O)CC(C)N(C)C1CCCC(C)C1. The van der Waals surface area contributed by atoms with Gasteiger partial charge in [0.1, 0.15) is 0 Å². The highest BCUT2D eigenvalue weighted by molar-refractivity contribution is 5.70. The minimum absolute atomic E-state index is 0.0734. The fourth-order valence-corrected chi connectivity index (χ4v) is 2.74. The Labute approximate surface area is 106 Å². The lowest BCUT2D eigenvalue weighted by atomic mass is 9.86. The van der Waals surface area contributed by atoms with E-state index in [1.807, 2.05) is 6.92 Å². The molecule has 0 aromatic heterocycles. The molecule has 0 N–H and O–H groups in total. The molecule has 3 nitrogen and oxygen atoms in total. The average molecular weight is 241 g/mol. The van der Waals surface area contributed by atoms with Crippen LogP contribution in [0.25, 0.3) is 0 Å². The van der Waals surface area contributed by atoms with Gasteiger partial charge in [-0.1, -0.05) is 19.8 Å². The van der Waals surface area contributed by atoms with Gasteiger partial charge in [0.2, 0.25) is 0 Å². The number of carbonyl (C=O) groups excluding carboxylic acids is 1. The maximum absolute atomic E-state index is 11.5. The number of carbonyl (C=O) groups is 1. The van der Waals surface area contributed by atoms with E-state index >= 15 is 0 Å². The van der Waals surface area contributed by atoms with E-state index in [4.69, 9.17) is 4.74 Å². The lowest BCUT2D eigenvalue weighted by molar-refractivity contribution is -0.144. The second-order valence-corrected chi connectivity index (χ2v) is 5.45. The summed E-state index contributed by atoms with van der Waals surface area (Å²) in [5.41, 5.74) is 0. The molecule has 0 heterocycles. The van der Waals surface area contributed by atoms with Crippen molar-refractivity contribution in [1.29, 1.82) is 0 Å². The summed E-state index contributed by atoms with van der Waals surface area (Å²) in [4.78, 5) is 13.8. The Balaban J connectivity index is 2.39. The van der Waals surface area contributed by atoms with Gasteiger partial charge in [-0.25, -0.2) is 0 Å². The zero-order chi connectivity index (χ0) is 12.8. The van der Waals surface area contributed by atoms with Crippen LogP contribution in [0.1, 0.15) is 52.9 Å². The van der Waals surface area contributed by atoms with E-state index in [1.54, 1.807) is 0 Å². The first-order valence-electron chi connectivity index (χ1n) is 6.92. The lowest BCUT2D eigenvalue weighted by Crippen LogP contribution is -2.42. The Hall–Kier alpha value is -0.570. The molecule has 1 fully saturated rings. The Morgan fingerprint density at radius 1 is 1.47 bits per heavy atom. The molecule has 0 amide bonds. The van der Waals surface area contributed by atoms with Crippen LogP contribution in [0.4, 0.5) is 0 Å². The number of ether oxygens (including phenoxy) is 1. The van der Waals surface area contributed by atoms with Gasteiger partial charge in [0.05, 0.1) is 13.0 Å². The van der Waals surface area contributed by atoms with E-state index in [0.717, 1.165) is 5.92 Å². The zero-order valence-electron chi connectivity index (χ0n) is 11.7. The third-order valence-corrected chi connectivity index (χ3v) is 3.95. The Morgan fingerprint density at radius 3 is 2.76 bits per heavy atom. The van der Waals surface area contributed by atoms with Crippen molar-refractivity contribution in [2.75, 3.05) is 13.7 Å². The zero-order valence-corrected chi connectivity index (χ0v) is 11.7. The molecule has 0 bridgehead atoms. The summed E-state index contributed by atoms with van der Waals surface area (Å²) in [5, 5.41) is 0. The first kappa shape index (κ1) is 14.5. The molecular formula is C14H27NO2. The van der Waals surface area contributed by atoms with Crippen LogP contribution in [0.5, 0.6) is 0 Å². The van der Waals surface area contributed by atoms with E-state index in [2.05, 4.69) is 25.8 Å². The molecule has 0 spiro atoms. The molecule has 1 rings (SSSR count). The maximum Gasteiger partial charge on any atom is 0.307 e. The molecule has 0 saturated heterocycles. The van der Waals surface area contributed by atoms with Gasteiger partial charge in [-0.05, 0) is 39.7 Å². The minimum Gasteiger partial charge on any atom is -0.466 e. The average Bonchev–Trinajstić information content (AvgIpc) is 2.28. The molecule has 1 aliphatic rings. The van der Waals surface area contributed by atoms with Crippen LogP contribution in [0, 0.1) is 5.92 Å². The molecule has 1 saturated carbocycles. The number of esters is 1. The van der Waals surface area contributed by atoms with Crippen molar-refractivity contribution in [2.45, 2.75) is 65.0 Å². The van der Waals surface area contributed by atoms with Gasteiger partial charge < -0.3 is 9.64 Å². The highest BCUT2D eigenvalue weighted by Crippen LogP contribution is 2.28. The smallest absolute Gasteiger partial charge is 0.307 e. The van der Waals surface area contributed by atoms with Crippen molar-refractivity contribution < 1.29 is 9.53 Å². The van der Waals surface area contributed by atoms with Crippen molar-refractivity contribution in [3.05, 3.63) is 0 Å². The molecule has 0 aliphatic heterocycles. The minimum atomic E-state index is -0.0734. The van der Waals surface area contributed by atoms with Crippen LogP contribution in [-0.2, 0) is 9.53 Å². The quantitative estimate of drug-likeness (QED) is 0.693. The topological polar surface area (TPSA) is 29.5 Å². The molecule has 1 aliphatic carbocycles. The third kappa shape index (κ3) is 4.66. The molecule has 17 heavy (non-hydrogen) atoms. The second kappa shape index (κ2) is 7.00. The molecule has 3 atom stereocenters. The standard InChI is InChI=1S/C14H27NO2/c1-5-17-14(16)10-12(3)15(4)13-8-6-7-11(2)9-13/h11-13H,5-10H2,1-4H3. The van der Waals surface area contributed by atoms with E-state index in [0.29, 0.717) is 19.1 Å². The first-order valence-corrected chi connectivity index (χ1v) is 6.92. The number of rotatable bonds is 5. The molecule has 0 aromatic carbocycles. The predicted molar refractivity (Wildman–Crippen MR) is 69.9 cm³/mol. The van der Waals surface area contributed by atoms with Crippen molar-refractivity contribution in [3.63, 3.8) is 0 Å². The summed E-state index contributed by atoms with van der Waals surface area (Å²) in [6, 6.07) is 0.924. The number of hydrogen-bond acceptors (Lipinski definition) is 3. The van der Waals surface area contributed by atoms with Crippen LogP contribution in [0.15, 0.2) is 0 Å².